The lowest BCUT2D eigenvalue weighted by atomic mass is 9.76. The summed E-state index contributed by atoms with van der Waals surface area (Å²) in [6.07, 6.45) is -0.130. The Morgan fingerprint density at radius 1 is 1.23 bits per heavy atom. The van der Waals surface area contributed by atoms with E-state index in [1.54, 1.807) is 12.1 Å². The van der Waals surface area contributed by atoms with Crippen LogP contribution in [0.1, 0.15) is 24.3 Å². The highest BCUT2D eigenvalue weighted by molar-refractivity contribution is 7.89. The number of sulfonamides is 1. The molecular formula is C17H17ClF2N2O3S. The van der Waals surface area contributed by atoms with E-state index in [0.717, 1.165) is 5.56 Å². The van der Waals surface area contributed by atoms with Crippen molar-refractivity contribution in [2.24, 2.45) is 0 Å². The molecule has 3 rings (SSSR count). The molecule has 26 heavy (non-hydrogen) atoms. The number of alkyl halides is 2. The van der Waals surface area contributed by atoms with Crippen molar-refractivity contribution in [2.75, 3.05) is 6.61 Å². The normalized spacial score (nSPS) is 20.0. The van der Waals surface area contributed by atoms with Gasteiger partial charge in [0.2, 0.25) is 15.9 Å². The molecule has 0 bridgehead atoms. The van der Waals surface area contributed by atoms with Crippen molar-refractivity contribution in [1.29, 1.82) is 0 Å². The van der Waals surface area contributed by atoms with Crippen LogP contribution in [-0.2, 0) is 10.0 Å². The van der Waals surface area contributed by atoms with Crippen LogP contribution in [0.2, 0.25) is 5.02 Å². The van der Waals surface area contributed by atoms with E-state index in [0.29, 0.717) is 17.9 Å². The van der Waals surface area contributed by atoms with Crippen molar-refractivity contribution in [3.05, 3.63) is 53.2 Å². The van der Waals surface area contributed by atoms with E-state index in [1.807, 2.05) is 12.1 Å². The first kappa shape index (κ1) is 19.0. The number of hydrogen-bond donors (Lipinski definition) is 1. The first-order chi connectivity index (χ1) is 12.3. The zero-order valence-corrected chi connectivity index (χ0v) is 15.2. The van der Waals surface area contributed by atoms with Crippen LogP contribution >= 0.6 is 11.6 Å². The standard InChI is InChI=1S/C17H17ClF2N2O3S/c18-13-5-3-11(4-6-13)12-8-14(9-12)22-26(23,24)15-2-1-7-21-17(15)25-10-16(19)20/h1-7,12,14,16,22H,8-10H2. The van der Waals surface area contributed by atoms with Gasteiger partial charge >= 0.3 is 0 Å². The van der Waals surface area contributed by atoms with Gasteiger partial charge in [0.05, 0.1) is 0 Å². The monoisotopic (exact) mass is 402 g/mol. The summed E-state index contributed by atoms with van der Waals surface area (Å²) in [5.41, 5.74) is 1.10. The molecule has 1 aliphatic rings. The van der Waals surface area contributed by atoms with E-state index in [9.17, 15) is 17.2 Å². The van der Waals surface area contributed by atoms with Crippen molar-refractivity contribution >= 4 is 21.6 Å². The van der Waals surface area contributed by atoms with Gasteiger partial charge in [-0.15, -0.1) is 0 Å². The quantitative estimate of drug-likeness (QED) is 0.768. The minimum Gasteiger partial charge on any atom is -0.471 e. The van der Waals surface area contributed by atoms with E-state index in [2.05, 4.69) is 9.71 Å². The Morgan fingerprint density at radius 3 is 2.58 bits per heavy atom. The molecule has 2 aromatic rings. The Labute approximate surface area is 155 Å². The molecule has 1 fully saturated rings. The minimum atomic E-state index is -3.91. The van der Waals surface area contributed by atoms with E-state index in [4.69, 9.17) is 16.3 Å². The molecule has 0 amide bonds. The highest BCUT2D eigenvalue weighted by Crippen LogP contribution is 2.38. The van der Waals surface area contributed by atoms with Crippen molar-refractivity contribution in [2.45, 2.75) is 36.1 Å². The molecule has 1 aromatic carbocycles. The second-order valence-corrected chi connectivity index (χ2v) is 8.17. The highest BCUT2D eigenvalue weighted by Gasteiger charge is 2.34. The topological polar surface area (TPSA) is 68.3 Å². The van der Waals surface area contributed by atoms with Crippen molar-refractivity contribution in [3.63, 3.8) is 0 Å². The van der Waals surface area contributed by atoms with Crippen LogP contribution in [0.4, 0.5) is 8.78 Å². The van der Waals surface area contributed by atoms with E-state index < -0.39 is 23.1 Å². The molecule has 0 spiro atoms. The molecule has 5 nitrogen and oxygen atoms in total. The maximum absolute atomic E-state index is 12.6. The Hall–Kier alpha value is -1.77. The predicted octanol–water partition coefficient (Wildman–Crippen LogP) is 3.60. The molecule has 1 aliphatic carbocycles. The average molecular weight is 403 g/mol. The van der Waals surface area contributed by atoms with Crippen LogP contribution in [0.5, 0.6) is 5.88 Å². The van der Waals surface area contributed by atoms with Gasteiger partial charge in [-0.2, -0.15) is 0 Å². The van der Waals surface area contributed by atoms with E-state index in [1.165, 1.54) is 18.3 Å². The third kappa shape index (κ3) is 4.49. The van der Waals surface area contributed by atoms with Gasteiger partial charge in [0.15, 0.2) is 6.61 Å². The molecule has 9 heteroatoms. The zero-order chi connectivity index (χ0) is 18.7. The summed E-state index contributed by atoms with van der Waals surface area (Å²) in [7, 11) is -3.91. The zero-order valence-electron chi connectivity index (χ0n) is 13.6. The number of nitrogens with zero attached hydrogens (tertiary/aromatic N) is 1. The summed E-state index contributed by atoms with van der Waals surface area (Å²) in [6.45, 7) is -0.915. The summed E-state index contributed by atoms with van der Waals surface area (Å²) in [5.74, 6) is -0.0720. The number of halogens is 3. The average Bonchev–Trinajstić information content (AvgIpc) is 2.57. The molecule has 0 aliphatic heterocycles. The molecule has 0 saturated heterocycles. The number of ether oxygens (including phenoxy) is 1. The van der Waals surface area contributed by atoms with Gasteiger partial charge in [-0.3, -0.25) is 0 Å². The molecular weight excluding hydrogens is 386 g/mol. The Morgan fingerprint density at radius 2 is 1.92 bits per heavy atom. The fourth-order valence-corrected chi connectivity index (χ4v) is 4.32. The summed E-state index contributed by atoms with van der Waals surface area (Å²) in [6, 6.07) is 9.92. The fourth-order valence-electron chi connectivity index (χ4n) is 2.84. The van der Waals surface area contributed by atoms with Crippen LogP contribution in [0.3, 0.4) is 0 Å². The lowest BCUT2D eigenvalue weighted by Crippen LogP contribution is -2.43. The van der Waals surface area contributed by atoms with Crippen LogP contribution in [0, 0.1) is 0 Å². The number of pyridine rings is 1. The minimum absolute atomic E-state index is 0.233. The summed E-state index contributed by atoms with van der Waals surface area (Å²) in [4.78, 5) is 3.51. The number of aromatic nitrogens is 1. The van der Waals surface area contributed by atoms with E-state index in [-0.39, 0.29) is 22.7 Å². The molecule has 1 heterocycles. The molecule has 0 atom stereocenters. The second-order valence-electron chi connectivity index (χ2n) is 6.05. The maximum Gasteiger partial charge on any atom is 0.272 e. The van der Waals surface area contributed by atoms with Crippen LogP contribution in [0.25, 0.3) is 0 Å². The summed E-state index contributed by atoms with van der Waals surface area (Å²) in [5, 5.41) is 0.651. The van der Waals surface area contributed by atoms with Crippen molar-refractivity contribution in [3.8, 4) is 5.88 Å². The number of benzene rings is 1. The van der Waals surface area contributed by atoms with Gasteiger partial charge in [0, 0.05) is 17.3 Å². The van der Waals surface area contributed by atoms with Gasteiger partial charge in [0.1, 0.15) is 4.90 Å². The van der Waals surface area contributed by atoms with Crippen LogP contribution in [-0.4, -0.2) is 32.5 Å². The third-order valence-electron chi connectivity index (χ3n) is 4.17. The van der Waals surface area contributed by atoms with E-state index >= 15 is 0 Å². The van der Waals surface area contributed by atoms with Crippen LogP contribution < -0.4 is 9.46 Å². The molecule has 1 saturated carbocycles. The second kappa shape index (κ2) is 7.85. The Kier molecular flexibility index (Phi) is 5.74. The lowest BCUT2D eigenvalue weighted by molar-refractivity contribution is 0.0779. The smallest absolute Gasteiger partial charge is 0.272 e. The first-order valence-corrected chi connectivity index (χ1v) is 9.85. The summed E-state index contributed by atoms with van der Waals surface area (Å²) < 4.78 is 57.2. The largest absolute Gasteiger partial charge is 0.471 e. The van der Waals surface area contributed by atoms with Gasteiger partial charge in [-0.25, -0.2) is 26.9 Å². The predicted molar refractivity (Wildman–Crippen MR) is 93.3 cm³/mol. The SMILES string of the molecule is O=S(=O)(NC1CC(c2ccc(Cl)cc2)C1)c1cccnc1OCC(F)F. The highest BCUT2D eigenvalue weighted by atomic mass is 35.5. The number of nitrogens with one attached hydrogen (secondary N) is 1. The molecule has 140 valence electrons. The maximum atomic E-state index is 12.6. The number of hydrogen-bond acceptors (Lipinski definition) is 4. The van der Waals surface area contributed by atoms with Crippen LogP contribution in [0.15, 0.2) is 47.5 Å². The van der Waals surface area contributed by atoms with Gasteiger partial charge in [-0.1, -0.05) is 23.7 Å². The Bertz CT molecular complexity index is 857. The van der Waals surface area contributed by atoms with Crippen molar-refractivity contribution in [1.82, 2.24) is 9.71 Å². The third-order valence-corrected chi connectivity index (χ3v) is 5.96. The summed E-state index contributed by atoms with van der Waals surface area (Å²) >= 11 is 5.86. The fraction of sp³-hybridized carbons (Fsp3) is 0.353. The lowest BCUT2D eigenvalue weighted by Gasteiger charge is -2.36. The molecule has 1 N–H and O–H groups in total. The van der Waals surface area contributed by atoms with Gasteiger partial charge in [0.25, 0.3) is 6.43 Å². The number of rotatable bonds is 7. The van der Waals surface area contributed by atoms with Gasteiger partial charge in [-0.05, 0) is 48.6 Å². The molecule has 0 unspecified atom stereocenters. The molecule has 0 radical (unpaired) electrons. The Balaban J connectivity index is 1.64. The first-order valence-electron chi connectivity index (χ1n) is 7.99. The van der Waals surface area contributed by atoms with Crippen molar-refractivity contribution < 1.29 is 21.9 Å². The van der Waals surface area contributed by atoms with Gasteiger partial charge < -0.3 is 4.74 Å². The molecule has 1 aromatic heterocycles.